The molecular weight excluding hydrogens is 278 g/mol. The summed E-state index contributed by atoms with van der Waals surface area (Å²) in [6.07, 6.45) is 0.421. The van der Waals surface area contributed by atoms with E-state index in [-0.39, 0.29) is 5.78 Å². The van der Waals surface area contributed by atoms with Crippen LogP contribution in [0, 0.1) is 0 Å². The first kappa shape index (κ1) is 15.9. The maximum atomic E-state index is 12.1. The SMILES string of the molecule is COC(=O)c1ccc(C(=O)CCNCc2ccccc2)cc1. The molecule has 0 aliphatic heterocycles. The molecule has 0 radical (unpaired) electrons. The molecule has 0 aliphatic carbocycles. The van der Waals surface area contributed by atoms with Crippen molar-refractivity contribution in [2.24, 2.45) is 0 Å². The van der Waals surface area contributed by atoms with E-state index in [1.54, 1.807) is 24.3 Å². The number of carbonyl (C=O) groups is 2. The Bertz CT molecular complexity index is 621. The number of rotatable bonds is 7. The van der Waals surface area contributed by atoms with Gasteiger partial charge in [-0.1, -0.05) is 42.5 Å². The maximum absolute atomic E-state index is 12.1. The van der Waals surface area contributed by atoms with Crippen molar-refractivity contribution in [3.05, 3.63) is 71.3 Å². The second-order valence-corrected chi connectivity index (χ2v) is 4.90. The molecular formula is C18H19NO3. The molecule has 0 saturated carbocycles. The molecule has 0 bridgehead atoms. The third-order valence-corrected chi connectivity index (χ3v) is 3.33. The molecule has 0 heterocycles. The van der Waals surface area contributed by atoms with E-state index in [2.05, 4.69) is 10.1 Å². The molecule has 0 aliphatic rings. The number of esters is 1. The van der Waals surface area contributed by atoms with Crippen LogP contribution < -0.4 is 5.32 Å². The van der Waals surface area contributed by atoms with Crippen LogP contribution in [-0.2, 0) is 11.3 Å². The highest BCUT2D eigenvalue weighted by Gasteiger charge is 2.08. The van der Waals surface area contributed by atoms with Crippen LogP contribution in [0.4, 0.5) is 0 Å². The zero-order chi connectivity index (χ0) is 15.8. The van der Waals surface area contributed by atoms with Crippen molar-refractivity contribution < 1.29 is 14.3 Å². The van der Waals surface area contributed by atoms with E-state index in [1.165, 1.54) is 12.7 Å². The molecule has 2 aromatic carbocycles. The van der Waals surface area contributed by atoms with Crippen LogP contribution in [0.2, 0.25) is 0 Å². The van der Waals surface area contributed by atoms with Crippen LogP contribution in [0.5, 0.6) is 0 Å². The van der Waals surface area contributed by atoms with E-state index >= 15 is 0 Å². The van der Waals surface area contributed by atoms with Crippen molar-refractivity contribution in [1.82, 2.24) is 5.32 Å². The minimum atomic E-state index is -0.400. The van der Waals surface area contributed by atoms with Crippen molar-refractivity contribution in [3.63, 3.8) is 0 Å². The molecule has 0 fully saturated rings. The molecule has 2 aromatic rings. The smallest absolute Gasteiger partial charge is 0.337 e. The zero-order valence-electron chi connectivity index (χ0n) is 12.5. The van der Waals surface area contributed by atoms with Crippen LogP contribution in [-0.4, -0.2) is 25.4 Å². The Kier molecular flexibility index (Phi) is 5.86. The first-order valence-corrected chi connectivity index (χ1v) is 7.17. The largest absolute Gasteiger partial charge is 0.465 e. The van der Waals surface area contributed by atoms with Crippen molar-refractivity contribution in [3.8, 4) is 0 Å². The minimum absolute atomic E-state index is 0.0528. The summed E-state index contributed by atoms with van der Waals surface area (Å²) in [4.78, 5) is 23.4. The number of hydrogen-bond acceptors (Lipinski definition) is 4. The molecule has 0 unspecified atom stereocenters. The number of benzene rings is 2. The lowest BCUT2D eigenvalue weighted by Crippen LogP contribution is -2.18. The second-order valence-electron chi connectivity index (χ2n) is 4.90. The lowest BCUT2D eigenvalue weighted by atomic mass is 10.1. The normalized spacial score (nSPS) is 10.2. The summed E-state index contributed by atoms with van der Waals surface area (Å²) in [7, 11) is 1.33. The average Bonchev–Trinajstić information content (AvgIpc) is 2.59. The van der Waals surface area contributed by atoms with E-state index in [9.17, 15) is 9.59 Å². The summed E-state index contributed by atoms with van der Waals surface area (Å²) in [6.45, 7) is 1.36. The molecule has 2 rings (SSSR count). The summed E-state index contributed by atoms with van der Waals surface area (Å²) >= 11 is 0. The molecule has 114 valence electrons. The van der Waals surface area contributed by atoms with Crippen LogP contribution in [0.25, 0.3) is 0 Å². The molecule has 4 nitrogen and oxygen atoms in total. The third-order valence-electron chi connectivity index (χ3n) is 3.33. The molecule has 1 N–H and O–H groups in total. The van der Waals surface area contributed by atoms with Gasteiger partial charge in [0.15, 0.2) is 5.78 Å². The second kappa shape index (κ2) is 8.10. The Morgan fingerprint density at radius 2 is 1.59 bits per heavy atom. The highest BCUT2D eigenvalue weighted by molar-refractivity contribution is 5.97. The Morgan fingerprint density at radius 3 is 2.23 bits per heavy atom. The van der Waals surface area contributed by atoms with Gasteiger partial charge in [0.1, 0.15) is 0 Å². The standard InChI is InChI=1S/C18H19NO3/c1-22-18(21)16-9-7-15(8-10-16)17(20)11-12-19-13-14-5-3-2-4-6-14/h2-10,19H,11-13H2,1H3. The van der Waals surface area contributed by atoms with Crippen LogP contribution in [0.1, 0.15) is 32.7 Å². The van der Waals surface area contributed by atoms with Gasteiger partial charge in [-0.05, 0) is 17.7 Å². The van der Waals surface area contributed by atoms with Gasteiger partial charge in [0.25, 0.3) is 0 Å². The number of hydrogen-bond donors (Lipinski definition) is 1. The van der Waals surface area contributed by atoms with Crippen molar-refractivity contribution in [1.29, 1.82) is 0 Å². The van der Waals surface area contributed by atoms with Crippen LogP contribution >= 0.6 is 0 Å². The lowest BCUT2D eigenvalue weighted by Gasteiger charge is -2.05. The number of nitrogens with one attached hydrogen (secondary N) is 1. The highest BCUT2D eigenvalue weighted by atomic mass is 16.5. The third kappa shape index (κ3) is 4.53. The summed E-state index contributed by atoms with van der Waals surface area (Å²) in [5.74, 6) is -0.347. The number of Topliss-reactive ketones (excluding diaryl/α,β-unsaturated/α-hetero) is 1. The van der Waals surface area contributed by atoms with Gasteiger partial charge in [-0.2, -0.15) is 0 Å². The molecule has 22 heavy (non-hydrogen) atoms. The van der Waals surface area contributed by atoms with E-state index in [1.807, 2.05) is 30.3 Å². The Hall–Kier alpha value is -2.46. The highest BCUT2D eigenvalue weighted by Crippen LogP contribution is 2.08. The quantitative estimate of drug-likeness (QED) is 0.485. The summed E-state index contributed by atoms with van der Waals surface area (Å²) in [6, 6.07) is 16.6. The van der Waals surface area contributed by atoms with Gasteiger partial charge in [0, 0.05) is 25.1 Å². The van der Waals surface area contributed by atoms with Gasteiger partial charge >= 0.3 is 5.97 Å². The monoisotopic (exact) mass is 297 g/mol. The van der Waals surface area contributed by atoms with E-state index in [4.69, 9.17) is 0 Å². The maximum Gasteiger partial charge on any atom is 0.337 e. The molecule has 0 aromatic heterocycles. The van der Waals surface area contributed by atoms with Gasteiger partial charge in [0.05, 0.1) is 12.7 Å². The average molecular weight is 297 g/mol. The van der Waals surface area contributed by atoms with Crippen LogP contribution in [0.15, 0.2) is 54.6 Å². The number of ketones is 1. The van der Waals surface area contributed by atoms with Crippen molar-refractivity contribution in [2.75, 3.05) is 13.7 Å². The Balaban J connectivity index is 1.78. The number of methoxy groups -OCH3 is 1. The van der Waals surface area contributed by atoms with Crippen molar-refractivity contribution in [2.45, 2.75) is 13.0 Å². The fraction of sp³-hybridized carbons (Fsp3) is 0.222. The summed E-state index contributed by atoms with van der Waals surface area (Å²) < 4.78 is 4.62. The van der Waals surface area contributed by atoms with E-state index < -0.39 is 5.97 Å². The molecule has 4 heteroatoms. The summed E-state index contributed by atoms with van der Waals surface area (Å²) in [5, 5.41) is 3.25. The number of carbonyl (C=O) groups excluding carboxylic acids is 2. The Morgan fingerprint density at radius 1 is 0.955 bits per heavy atom. The van der Waals surface area contributed by atoms with Crippen molar-refractivity contribution >= 4 is 11.8 Å². The summed E-state index contributed by atoms with van der Waals surface area (Å²) in [5.41, 5.74) is 2.24. The van der Waals surface area contributed by atoms with Gasteiger partial charge in [0.2, 0.25) is 0 Å². The van der Waals surface area contributed by atoms with Gasteiger partial charge in [-0.15, -0.1) is 0 Å². The predicted octanol–water partition coefficient (Wildman–Crippen LogP) is 2.84. The zero-order valence-corrected chi connectivity index (χ0v) is 12.5. The fourth-order valence-corrected chi connectivity index (χ4v) is 2.08. The van der Waals surface area contributed by atoms with Crippen LogP contribution in [0.3, 0.4) is 0 Å². The minimum Gasteiger partial charge on any atom is -0.465 e. The first-order valence-electron chi connectivity index (χ1n) is 7.17. The topological polar surface area (TPSA) is 55.4 Å². The molecule has 0 atom stereocenters. The fourth-order valence-electron chi connectivity index (χ4n) is 2.08. The van der Waals surface area contributed by atoms with Gasteiger partial charge in [-0.3, -0.25) is 4.79 Å². The molecule has 0 amide bonds. The predicted molar refractivity (Wildman–Crippen MR) is 84.9 cm³/mol. The molecule has 0 spiro atoms. The van der Waals surface area contributed by atoms with E-state index in [0.717, 1.165) is 6.54 Å². The van der Waals surface area contributed by atoms with E-state index in [0.29, 0.717) is 24.1 Å². The number of ether oxygens (including phenoxy) is 1. The van der Waals surface area contributed by atoms with Gasteiger partial charge in [-0.25, -0.2) is 4.79 Å². The van der Waals surface area contributed by atoms with Gasteiger partial charge < -0.3 is 10.1 Å². The first-order chi connectivity index (χ1) is 10.7. The lowest BCUT2D eigenvalue weighted by molar-refractivity contribution is 0.0600. The Labute approximate surface area is 130 Å². The molecule has 0 saturated heterocycles.